The number of thioether (sulfide) groups is 1. The fourth-order valence-corrected chi connectivity index (χ4v) is 3.86. The molecule has 1 saturated carbocycles. The van der Waals surface area contributed by atoms with Crippen LogP contribution in [0.2, 0.25) is 5.02 Å². The van der Waals surface area contributed by atoms with Crippen LogP contribution >= 0.6 is 23.4 Å². The van der Waals surface area contributed by atoms with Gasteiger partial charge in [-0.25, -0.2) is 4.98 Å². The molecule has 0 saturated heterocycles. The molecule has 1 heterocycles. The number of nitrogens with one attached hydrogen (secondary N) is 1. The van der Waals surface area contributed by atoms with Gasteiger partial charge in [0, 0.05) is 22.4 Å². The quantitative estimate of drug-likeness (QED) is 0.774. The predicted octanol–water partition coefficient (Wildman–Crippen LogP) is 4.92. The first kappa shape index (κ1) is 18.3. The van der Waals surface area contributed by atoms with Crippen LogP contribution in [0.3, 0.4) is 0 Å². The van der Waals surface area contributed by atoms with E-state index < -0.39 is 0 Å². The maximum absolute atomic E-state index is 12.1. The number of nitrogens with zero attached hydrogens (tertiary/aromatic N) is 1. The highest BCUT2D eigenvalue weighted by atomic mass is 35.5. The normalized spacial score (nSPS) is 20.4. The van der Waals surface area contributed by atoms with Crippen LogP contribution in [0.1, 0.15) is 38.3 Å². The van der Waals surface area contributed by atoms with E-state index >= 15 is 0 Å². The lowest BCUT2D eigenvalue weighted by Gasteiger charge is -2.26. The Labute approximate surface area is 157 Å². The average molecular weight is 379 g/mol. The third kappa shape index (κ3) is 5.51. The standard InChI is InChI=1S/C19H23ClN2O2S/c1-13-2-8-16(9-3-13)21-18(23)12-25-11-17-10-24-19(22-17)14-4-6-15(20)7-5-14/h4-7,10,13,16H,2-3,8-9,11-12H2,1H3,(H,21,23). The molecule has 1 amide bonds. The SMILES string of the molecule is CC1CCC(NC(=O)CSCc2coc(-c3ccc(Cl)cc3)n2)CC1. The highest BCUT2D eigenvalue weighted by Gasteiger charge is 2.19. The molecule has 0 unspecified atom stereocenters. The van der Waals surface area contributed by atoms with Gasteiger partial charge in [0.1, 0.15) is 6.26 Å². The molecule has 1 aromatic carbocycles. The van der Waals surface area contributed by atoms with Crippen LogP contribution in [0.5, 0.6) is 0 Å². The largest absolute Gasteiger partial charge is 0.444 e. The number of halogens is 1. The Morgan fingerprint density at radius 3 is 2.72 bits per heavy atom. The summed E-state index contributed by atoms with van der Waals surface area (Å²) in [6.07, 6.45) is 6.28. The molecule has 1 aliphatic carbocycles. The minimum Gasteiger partial charge on any atom is -0.444 e. The maximum atomic E-state index is 12.1. The van der Waals surface area contributed by atoms with Crippen molar-refractivity contribution >= 4 is 29.3 Å². The van der Waals surface area contributed by atoms with Crippen molar-refractivity contribution in [3.63, 3.8) is 0 Å². The second-order valence-electron chi connectivity index (χ2n) is 6.67. The van der Waals surface area contributed by atoms with Gasteiger partial charge in [-0.05, 0) is 55.9 Å². The Morgan fingerprint density at radius 1 is 1.28 bits per heavy atom. The molecule has 1 fully saturated rings. The van der Waals surface area contributed by atoms with Gasteiger partial charge in [-0.15, -0.1) is 11.8 Å². The number of benzene rings is 1. The first-order chi connectivity index (χ1) is 12.1. The Bertz CT molecular complexity index is 694. The second kappa shape index (κ2) is 8.77. The summed E-state index contributed by atoms with van der Waals surface area (Å²) in [7, 11) is 0. The molecule has 0 aliphatic heterocycles. The summed E-state index contributed by atoms with van der Waals surface area (Å²) in [6.45, 7) is 2.28. The molecule has 0 bridgehead atoms. The maximum Gasteiger partial charge on any atom is 0.230 e. The van der Waals surface area contributed by atoms with Crippen LogP contribution in [0.4, 0.5) is 0 Å². The van der Waals surface area contributed by atoms with Gasteiger partial charge in [0.05, 0.1) is 11.4 Å². The zero-order chi connectivity index (χ0) is 17.6. The first-order valence-electron chi connectivity index (χ1n) is 8.67. The van der Waals surface area contributed by atoms with Gasteiger partial charge in [0.25, 0.3) is 0 Å². The van der Waals surface area contributed by atoms with E-state index in [0.717, 1.165) is 30.0 Å². The number of hydrogen-bond donors (Lipinski definition) is 1. The third-order valence-electron chi connectivity index (χ3n) is 4.51. The summed E-state index contributed by atoms with van der Waals surface area (Å²) in [5.41, 5.74) is 1.74. The van der Waals surface area contributed by atoms with E-state index in [9.17, 15) is 4.79 Å². The molecular weight excluding hydrogens is 356 g/mol. The Kier molecular flexibility index (Phi) is 6.43. The lowest BCUT2D eigenvalue weighted by molar-refractivity contribution is -0.119. The zero-order valence-corrected chi connectivity index (χ0v) is 15.9. The van der Waals surface area contributed by atoms with Gasteiger partial charge in [-0.1, -0.05) is 18.5 Å². The van der Waals surface area contributed by atoms with Crippen LogP contribution in [0, 0.1) is 5.92 Å². The number of hydrogen-bond acceptors (Lipinski definition) is 4. The van der Waals surface area contributed by atoms with E-state index in [2.05, 4.69) is 17.2 Å². The van der Waals surface area contributed by atoms with E-state index in [1.54, 1.807) is 18.0 Å². The highest BCUT2D eigenvalue weighted by Crippen LogP contribution is 2.24. The van der Waals surface area contributed by atoms with Gasteiger partial charge in [-0.3, -0.25) is 4.79 Å². The Morgan fingerprint density at radius 2 is 2.00 bits per heavy atom. The number of carbonyl (C=O) groups is 1. The second-order valence-corrected chi connectivity index (χ2v) is 8.09. The number of aromatic nitrogens is 1. The van der Waals surface area contributed by atoms with Gasteiger partial charge >= 0.3 is 0 Å². The zero-order valence-electron chi connectivity index (χ0n) is 14.3. The van der Waals surface area contributed by atoms with E-state index in [-0.39, 0.29) is 5.91 Å². The molecular formula is C19H23ClN2O2S. The van der Waals surface area contributed by atoms with Crippen LogP contribution in [-0.2, 0) is 10.5 Å². The number of rotatable bonds is 6. The van der Waals surface area contributed by atoms with E-state index in [4.69, 9.17) is 16.0 Å². The summed E-state index contributed by atoms with van der Waals surface area (Å²) in [6, 6.07) is 7.73. The third-order valence-corrected chi connectivity index (χ3v) is 5.73. The fraction of sp³-hybridized carbons (Fsp3) is 0.474. The number of oxazole rings is 1. The summed E-state index contributed by atoms with van der Waals surface area (Å²) in [5.74, 6) is 2.60. The first-order valence-corrected chi connectivity index (χ1v) is 10.2. The van der Waals surface area contributed by atoms with Gasteiger partial charge in [-0.2, -0.15) is 0 Å². The molecule has 1 aromatic heterocycles. The van der Waals surface area contributed by atoms with Crippen LogP contribution in [0.25, 0.3) is 11.5 Å². The van der Waals surface area contributed by atoms with Crippen molar-refractivity contribution in [3.8, 4) is 11.5 Å². The topological polar surface area (TPSA) is 55.1 Å². The summed E-state index contributed by atoms with van der Waals surface area (Å²) in [5, 5.41) is 3.83. The minimum atomic E-state index is 0.117. The van der Waals surface area contributed by atoms with Gasteiger partial charge in [0.2, 0.25) is 11.8 Å². The Hall–Kier alpha value is -1.46. The van der Waals surface area contributed by atoms with Crippen molar-refractivity contribution in [2.24, 2.45) is 5.92 Å². The Balaban J connectivity index is 1.41. The van der Waals surface area contributed by atoms with Crippen LogP contribution in [-0.4, -0.2) is 22.7 Å². The lowest BCUT2D eigenvalue weighted by Crippen LogP contribution is -2.38. The molecule has 1 N–H and O–H groups in total. The molecule has 25 heavy (non-hydrogen) atoms. The minimum absolute atomic E-state index is 0.117. The highest BCUT2D eigenvalue weighted by molar-refractivity contribution is 7.99. The van der Waals surface area contributed by atoms with Crippen molar-refractivity contribution in [2.75, 3.05) is 5.75 Å². The summed E-state index contributed by atoms with van der Waals surface area (Å²) < 4.78 is 5.51. The van der Waals surface area contributed by atoms with E-state index in [0.29, 0.717) is 28.5 Å². The smallest absolute Gasteiger partial charge is 0.230 e. The molecule has 3 rings (SSSR count). The van der Waals surface area contributed by atoms with Crippen molar-refractivity contribution < 1.29 is 9.21 Å². The molecule has 0 spiro atoms. The van der Waals surface area contributed by atoms with Crippen LogP contribution in [0.15, 0.2) is 34.9 Å². The van der Waals surface area contributed by atoms with Crippen LogP contribution < -0.4 is 5.32 Å². The van der Waals surface area contributed by atoms with Crippen molar-refractivity contribution in [1.82, 2.24) is 10.3 Å². The summed E-state index contributed by atoms with van der Waals surface area (Å²) in [4.78, 5) is 16.5. The molecule has 2 aromatic rings. The van der Waals surface area contributed by atoms with E-state index in [1.165, 1.54) is 12.8 Å². The molecule has 4 nitrogen and oxygen atoms in total. The van der Waals surface area contributed by atoms with E-state index in [1.807, 2.05) is 24.3 Å². The molecule has 134 valence electrons. The molecule has 6 heteroatoms. The number of amides is 1. The lowest BCUT2D eigenvalue weighted by atomic mass is 9.87. The molecule has 0 radical (unpaired) electrons. The fourth-order valence-electron chi connectivity index (χ4n) is 3.02. The monoisotopic (exact) mass is 378 g/mol. The number of carbonyl (C=O) groups excluding carboxylic acids is 1. The van der Waals surface area contributed by atoms with Crippen molar-refractivity contribution in [1.29, 1.82) is 0 Å². The predicted molar refractivity (Wildman–Crippen MR) is 103 cm³/mol. The van der Waals surface area contributed by atoms with Crippen molar-refractivity contribution in [2.45, 2.75) is 44.4 Å². The summed E-state index contributed by atoms with van der Waals surface area (Å²) >= 11 is 7.45. The molecule has 0 atom stereocenters. The van der Waals surface area contributed by atoms with Crippen molar-refractivity contribution in [3.05, 3.63) is 41.2 Å². The van der Waals surface area contributed by atoms with Gasteiger partial charge < -0.3 is 9.73 Å². The van der Waals surface area contributed by atoms with Gasteiger partial charge in [0.15, 0.2) is 0 Å². The molecule has 1 aliphatic rings. The average Bonchev–Trinajstić information content (AvgIpc) is 3.06.